The molecule has 0 radical (unpaired) electrons. The molecule has 2 nitrogen and oxygen atoms in total. The zero-order valence-corrected chi connectivity index (χ0v) is 9.53. The maximum absolute atomic E-state index is 12.0. The van der Waals surface area contributed by atoms with Gasteiger partial charge >= 0.3 is 0 Å². The van der Waals surface area contributed by atoms with Crippen LogP contribution in [-0.2, 0) is 11.2 Å². The van der Waals surface area contributed by atoms with E-state index < -0.39 is 0 Å². The van der Waals surface area contributed by atoms with E-state index in [-0.39, 0.29) is 5.78 Å². The SMILES string of the molecule is CCc1ccc(C(=O)C2=CCCCO2)cc1. The van der Waals surface area contributed by atoms with Gasteiger partial charge in [0.1, 0.15) is 0 Å². The summed E-state index contributed by atoms with van der Waals surface area (Å²) in [5.41, 5.74) is 1.96. The lowest BCUT2D eigenvalue weighted by Crippen LogP contribution is -2.11. The van der Waals surface area contributed by atoms with E-state index in [4.69, 9.17) is 4.74 Å². The van der Waals surface area contributed by atoms with E-state index in [0.29, 0.717) is 17.9 Å². The van der Waals surface area contributed by atoms with E-state index >= 15 is 0 Å². The maximum atomic E-state index is 12.0. The van der Waals surface area contributed by atoms with Crippen LogP contribution in [0.15, 0.2) is 36.1 Å². The van der Waals surface area contributed by atoms with Gasteiger partial charge in [0.05, 0.1) is 6.61 Å². The average molecular weight is 216 g/mol. The van der Waals surface area contributed by atoms with Crippen LogP contribution in [0.2, 0.25) is 0 Å². The fraction of sp³-hybridized carbons (Fsp3) is 0.357. The third-order valence-electron chi connectivity index (χ3n) is 2.78. The summed E-state index contributed by atoms with van der Waals surface area (Å²) < 4.78 is 5.36. The summed E-state index contributed by atoms with van der Waals surface area (Å²) >= 11 is 0. The standard InChI is InChI=1S/C14H16O2/c1-2-11-6-8-12(9-7-11)14(15)13-5-3-4-10-16-13/h5-9H,2-4,10H2,1H3. The van der Waals surface area contributed by atoms with Gasteiger partial charge in [0.2, 0.25) is 5.78 Å². The van der Waals surface area contributed by atoms with Crippen LogP contribution in [-0.4, -0.2) is 12.4 Å². The lowest BCUT2D eigenvalue weighted by Gasteiger charge is -2.13. The molecule has 0 atom stereocenters. The lowest BCUT2D eigenvalue weighted by molar-refractivity contribution is 0.0899. The minimum Gasteiger partial charge on any atom is -0.490 e. The first-order chi connectivity index (χ1) is 7.81. The molecule has 0 saturated heterocycles. The number of hydrogen-bond acceptors (Lipinski definition) is 2. The van der Waals surface area contributed by atoms with Gasteiger partial charge < -0.3 is 4.74 Å². The second-order valence-electron chi connectivity index (χ2n) is 3.94. The van der Waals surface area contributed by atoms with Gasteiger partial charge in [-0.1, -0.05) is 31.2 Å². The van der Waals surface area contributed by atoms with Crippen molar-refractivity contribution < 1.29 is 9.53 Å². The number of ether oxygens (including phenoxy) is 1. The Morgan fingerprint density at radius 2 is 2.06 bits per heavy atom. The van der Waals surface area contributed by atoms with Crippen molar-refractivity contribution in [3.05, 3.63) is 47.2 Å². The van der Waals surface area contributed by atoms with E-state index in [0.717, 1.165) is 19.3 Å². The van der Waals surface area contributed by atoms with Crippen molar-refractivity contribution >= 4 is 5.78 Å². The van der Waals surface area contributed by atoms with Gasteiger partial charge in [-0.25, -0.2) is 0 Å². The van der Waals surface area contributed by atoms with Crippen LogP contribution < -0.4 is 0 Å². The molecule has 2 heteroatoms. The van der Waals surface area contributed by atoms with Gasteiger partial charge in [-0.15, -0.1) is 0 Å². The number of carbonyl (C=O) groups excluding carboxylic acids is 1. The van der Waals surface area contributed by atoms with E-state index in [2.05, 4.69) is 6.92 Å². The number of ketones is 1. The van der Waals surface area contributed by atoms with E-state index in [1.165, 1.54) is 5.56 Å². The molecule has 1 heterocycles. The summed E-state index contributed by atoms with van der Waals surface area (Å²) in [6.45, 7) is 2.76. The van der Waals surface area contributed by atoms with Crippen LogP contribution in [0.3, 0.4) is 0 Å². The van der Waals surface area contributed by atoms with E-state index in [9.17, 15) is 4.79 Å². The van der Waals surface area contributed by atoms with Crippen molar-refractivity contribution in [3.63, 3.8) is 0 Å². The molecule has 1 aromatic rings. The highest BCUT2D eigenvalue weighted by atomic mass is 16.5. The van der Waals surface area contributed by atoms with Crippen LogP contribution in [0.4, 0.5) is 0 Å². The summed E-state index contributed by atoms with van der Waals surface area (Å²) in [4.78, 5) is 12.0. The predicted molar refractivity (Wildman–Crippen MR) is 63.4 cm³/mol. The first-order valence-corrected chi connectivity index (χ1v) is 5.78. The molecule has 0 amide bonds. The number of allylic oxidation sites excluding steroid dienone is 2. The Morgan fingerprint density at radius 1 is 1.31 bits per heavy atom. The molecular weight excluding hydrogens is 200 g/mol. The van der Waals surface area contributed by atoms with E-state index in [1.807, 2.05) is 30.3 Å². The molecule has 1 aliphatic heterocycles. The van der Waals surface area contributed by atoms with Crippen LogP contribution in [0, 0.1) is 0 Å². The molecule has 0 unspecified atom stereocenters. The lowest BCUT2D eigenvalue weighted by atomic mass is 10.0. The summed E-state index contributed by atoms with van der Waals surface area (Å²) in [7, 11) is 0. The molecule has 0 bridgehead atoms. The number of rotatable bonds is 3. The normalized spacial score (nSPS) is 15.2. The number of carbonyl (C=O) groups is 1. The fourth-order valence-electron chi connectivity index (χ4n) is 1.75. The third-order valence-corrected chi connectivity index (χ3v) is 2.78. The Bertz CT molecular complexity index is 401. The zero-order chi connectivity index (χ0) is 11.4. The summed E-state index contributed by atoms with van der Waals surface area (Å²) in [5.74, 6) is 0.512. The van der Waals surface area contributed by atoms with Crippen molar-refractivity contribution in [3.8, 4) is 0 Å². The average Bonchev–Trinajstić information content (AvgIpc) is 2.39. The Hall–Kier alpha value is -1.57. The molecule has 1 aromatic carbocycles. The van der Waals surface area contributed by atoms with Gasteiger partial charge in [0.15, 0.2) is 5.76 Å². The van der Waals surface area contributed by atoms with Crippen LogP contribution in [0.1, 0.15) is 35.7 Å². The van der Waals surface area contributed by atoms with Gasteiger partial charge in [0, 0.05) is 5.56 Å². The van der Waals surface area contributed by atoms with Gasteiger partial charge in [-0.3, -0.25) is 4.79 Å². The Kier molecular flexibility index (Phi) is 3.40. The van der Waals surface area contributed by atoms with Gasteiger partial charge in [-0.05, 0) is 30.9 Å². The Labute approximate surface area is 95.9 Å². The smallest absolute Gasteiger partial charge is 0.227 e. The molecule has 16 heavy (non-hydrogen) atoms. The highest BCUT2D eigenvalue weighted by molar-refractivity contribution is 6.07. The second-order valence-corrected chi connectivity index (χ2v) is 3.94. The van der Waals surface area contributed by atoms with Crippen LogP contribution >= 0.6 is 0 Å². The number of Topliss-reactive ketones (excluding diaryl/α,β-unsaturated/α-hetero) is 1. The molecule has 0 aromatic heterocycles. The molecular formula is C14H16O2. The zero-order valence-electron chi connectivity index (χ0n) is 9.53. The highest BCUT2D eigenvalue weighted by Gasteiger charge is 2.15. The fourth-order valence-corrected chi connectivity index (χ4v) is 1.75. The Morgan fingerprint density at radius 3 is 2.62 bits per heavy atom. The third kappa shape index (κ3) is 2.32. The molecule has 1 aliphatic rings. The molecule has 0 N–H and O–H groups in total. The minimum absolute atomic E-state index is 0.00218. The number of hydrogen-bond donors (Lipinski definition) is 0. The van der Waals surface area contributed by atoms with Crippen LogP contribution in [0.5, 0.6) is 0 Å². The Balaban J connectivity index is 2.16. The summed E-state index contributed by atoms with van der Waals surface area (Å²) in [6.07, 6.45) is 4.83. The molecule has 0 fully saturated rings. The molecule has 0 spiro atoms. The first kappa shape index (κ1) is 10.9. The minimum atomic E-state index is 0.00218. The molecule has 2 rings (SSSR count). The molecule has 84 valence electrons. The number of benzene rings is 1. The predicted octanol–water partition coefficient (Wildman–Crippen LogP) is 3.13. The molecule has 0 saturated carbocycles. The van der Waals surface area contributed by atoms with Crippen molar-refractivity contribution in [1.82, 2.24) is 0 Å². The van der Waals surface area contributed by atoms with E-state index in [1.54, 1.807) is 0 Å². The van der Waals surface area contributed by atoms with Crippen molar-refractivity contribution in [2.24, 2.45) is 0 Å². The quantitative estimate of drug-likeness (QED) is 0.725. The van der Waals surface area contributed by atoms with Crippen LogP contribution in [0.25, 0.3) is 0 Å². The summed E-state index contributed by atoms with van der Waals surface area (Å²) in [5, 5.41) is 0. The van der Waals surface area contributed by atoms with Crippen molar-refractivity contribution in [1.29, 1.82) is 0 Å². The summed E-state index contributed by atoms with van der Waals surface area (Å²) in [6, 6.07) is 7.74. The highest BCUT2D eigenvalue weighted by Crippen LogP contribution is 2.16. The van der Waals surface area contributed by atoms with Gasteiger partial charge in [0.25, 0.3) is 0 Å². The monoisotopic (exact) mass is 216 g/mol. The van der Waals surface area contributed by atoms with Crippen molar-refractivity contribution in [2.75, 3.05) is 6.61 Å². The topological polar surface area (TPSA) is 26.3 Å². The second kappa shape index (κ2) is 4.97. The van der Waals surface area contributed by atoms with Gasteiger partial charge in [-0.2, -0.15) is 0 Å². The van der Waals surface area contributed by atoms with Crippen molar-refractivity contribution in [2.45, 2.75) is 26.2 Å². The first-order valence-electron chi connectivity index (χ1n) is 5.78. The maximum Gasteiger partial charge on any atom is 0.227 e. The molecule has 0 aliphatic carbocycles. The largest absolute Gasteiger partial charge is 0.490 e. The number of aryl methyl sites for hydroxylation is 1.